The summed E-state index contributed by atoms with van der Waals surface area (Å²) in [5, 5.41) is 8.55. The molecule has 0 aromatic heterocycles. The summed E-state index contributed by atoms with van der Waals surface area (Å²) in [4.78, 5) is 24.3. The Labute approximate surface area is 184 Å². The van der Waals surface area contributed by atoms with Gasteiger partial charge in [-0.15, -0.1) is 0 Å². The van der Waals surface area contributed by atoms with Crippen molar-refractivity contribution in [3.8, 4) is 5.75 Å². The zero-order chi connectivity index (χ0) is 21.4. The van der Waals surface area contributed by atoms with Crippen LogP contribution in [0.15, 0.2) is 46.9 Å². The second kappa shape index (κ2) is 10.9. The van der Waals surface area contributed by atoms with Gasteiger partial charge in [-0.3, -0.25) is 14.9 Å². The molecule has 2 aromatic rings. The van der Waals surface area contributed by atoms with E-state index in [1.54, 1.807) is 42.5 Å². The number of benzene rings is 2. The van der Waals surface area contributed by atoms with E-state index in [0.717, 1.165) is 6.42 Å². The molecule has 0 aliphatic heterocycles. The summed E-state index contributed by atoms with van der Waals surface area (Å²) in [6, 6.07) is 11.9. The molecule has 0 fully saturated rings. The number of halogens is 1. The Kier molecular flexibility index (Phi) is 8.60. The van der Waals surface area contributed by atoms with E-state index in [-0.39, 0.29) is 23.0 Å². The van der Waals surface area contributed by atoms with Crippen LogP contribution in [0.2, 0.25) is 0 Å². The summed E-state index contributed by atoms with van der Waals surface area (Å²) in [5.41, 5.74) is 1.68. The fraction of sp³-hybridized carbons (Fsp3) is 0.286. The lowest BCUT2D eigenvalue weighted by Crippen LogP contribution is -2.34. The summed E-state index contributed by atoms with van der Waals surface area (Å²) in [7, 11) is 0. The minimum absolute atomic E-state index is 0.0341. The molecule has 2 aromatic carbocycles. The van der Waals surface area contributed by atoms with E-state index in [0.29, 0.717) is 33.6 Å². The van der Waals surface area contributed by atoms with Crippen LogP contribution in [-0.2, 0) is 0 Å². The van der Waals surface area contributed by atoms with Crippen molar-refractivity contribution in [1.29, 1.82) is 0 Å². The minimum atomic E-state index is -0.338. The van der Waals surface area contributed by atoms with Crippen molar-refractivity contribution in [3.63, 3.8) is 0 Å². The lowest BCUT2D eigenvalue weighted by molar-refractivity contribution is 0.0951. The molecule has 2 amide bonds. The standard InChI is InChI=1S/C21H24BrN3O3S/c1-4-11-23-19(26)14-5-8-16(9-6-14)24-21(29)25-20(27)15-7-10-18(17(22)12-15)28-13(2)3/h5-10,12-13H,4,11H2,1-3H3,(H,23,26)(H2,24,25,27,29). The quantitative estimate of drug-likeness (QED) is 0.511. The summed E-state index contributed by atoms with van der Waals surface area (Å²) in [5.74, 6) is 0.208. The van der Waals surface area contributed by atoms with Gasteiger partial charge in [-0.1, -0.05) is 6.92 Å². The number of carbonyl (C=O) groups is 2. The smallest absolute Gasteiger partial charge is 0.257 e. The molecule has 0 heterocycles. The Morgan fingerprint density at radius 1 is 1.07 bits per heavy atom. The lowest BCUT2D eigenvalue weighted by atomic mass is 10.2. The van der Waals surface area contributed by atoms with Crippen molar-refractivity contribution >= 4 is 50.8 Å². The summed E-state index contributed by atoms with van der Waals surface area (Å²) >= 11 is 8.62. The number of amides is 2. The third kappa shape index (κ3) is 7.14. The Morgan fingerprint density at radius 3 is 2.31 bits per heavy atom. The van der Waals surface area contributed by atoms with Crippen LogP contribution in [0.25, 0.3) is 0 Å². The van der Waals surface area contributed by atoms with Crippen molar-refractivity contribution < 1.29 is 14.3 Å². The third-order valence-electron chi connectivity index (χ3n) is 3.72. The van der Waals surface area contributed by atoms with Crippen molar-refractivity contribution in [2.24, 2.45) is 0 Å². The van der Waals surface area contributed by atoms with Crippen LogP contribution in [0.5, 0.6) is 5.75 Å². The van der Waals surface area contributed by atoms with Gasteiger partial charge < -0.3 is 15.4 Å². The number of anilines is 1. The van der Waals surface area contributed by atoms with Gasteiger partial charge >= 0.3 is 0 Å². The molecule has 0 saturated heterocycles. The summed E-state index contributed by atoms with van der Waals surface area (Å²) in [6.07, 6.45) is 0.913. The minimum Gasteiger partial charge on any atom is -0.490 e. The van der Waals surface area contributed by atoms with Gasteiger partial charge in [0.05, 0.1) is 10.6 Å². The van der Waals surface area contributed by atoms with Crippen LogP contribution >= 0.6 is 28.1 Å². The number of rotatable bonds is 7. The zero-order valence-corrected chi connectivity index (χ0v) is 18.9. The highest BCUT2D eigenvalue weighted by Gasteiger charge is 2.12. The van der Waals surface area contributed by atoms with Crippen molar-refractivity contribution in [2.45, 2.75) is 33.3 Å². The van der Waals surface area contributed by atoms with E-state index in [9.17, 15) is 9.59 Å². The topological polar surface area (TPSA) is 79.5 Å². The van der Waals surface area contributed by atoms with Crippen LogP contribution in [0.1, 0.15) is 47.9 Å². The monoisotopic (exact) mass is 477 g/mol. The molecule has 154 valence electrons. The van der Waals surface area contributed by atoms with Gasteiger partial charge in [0, 0.05) is 23.4 Å². The molecular weight excluding hydrogens is 454 g/mol. The van der Waals surface area contributed by atoms with Crippen molar-refractivity contribution in [1.82, 2.24) is 10.6 Å². The molecule has 0 aliphatic rings. The van der Waals surface area contributed by atoms with E-state index in [4.69, 9.17) is 17.0 Å². The molecule has 0 aliphatic carbocycles. The summed E-state index contributed by atoms with van der Waals surface area (Å²) in [6.45, 7) is 6.49. The van der Waals surface area contributed by atoms with Gasteiger partial charge in [-0.25, -0.2) is 0 Å². The van der Waals surface area contributed by atoms with Crippen LogP contribution in [0, 0.1) is 0 Å². The number of hydrogen-bond donors (Lipinski definition) is 3. The molecule has 0 spiro atoms. The Balaban J connectivity index is 1.94. The second-order valence-electron chi connectivity index (χ2n) is 6.55. The van der Waals surface area contributed by atoms with Crippen LogP contribution in [0.4, 0.5) is 5.69 Å². The van der Waals surface area contributed by atoms with E-state index in [2.05, 4.69) is 31.9 Å². The zero-order valence-electron chi connectivity index (χ0n) is 16.5. The number of carbonyl (C=O) groups excluding carboxylic acids is 2. The number of thiocarbonyl (C=S) groups is 1. The van der Waals surface area contributed by atoms with Crippen LogP contribution < -0.4 is 20.7 Å². The van der Waals surface area contributed by atoms with Gasteiger partial charge in [-0.05, 0) is 90.9 Å². The van der Waals surface area contributed by atoms with Gasteiger partial charge in [0.2, 0.25) is 0 Å². The van der Waals surface area contributed by atoms with E-state index < -0.39 is 0 Å². The Morgan fingerprint density at radius 2 is 1.72 bits per heavy atom. The maximum Gasteiger partial charge on any atom is 0.257 e. The maximum absolute atomic E-state index is 12.4. The molecular formula is C21H24BrN3O3S. The first-order valence-corrected chi connectivity index (χ1v) is 10.5. The van der Waals surface area contributed by atoms with E-state index in [1.807, 2.05) is 20.8 Å². The normalized spacial score (nSPS) is 10.4. The molecule has 2 rings (SSSR count). The van der Waals surface area contributed by atoms with Crippen LogP contribution in [0.3, 0.4) is 0 Å². The highest BCUT2D eigenvalue weighted by Crippen LogP contribution is 2.27. The summed E-state index contributed by atoms with van der Waals surface area (Å²) < 4.78 is 6.33. The first-order valence-electron chi connectivity index (χ1n) is 9.27. The van der Waals surface area contributed by atoms with Crippen LogP contribution in [-0.4, -0.2) is 29.6 Å². The fourth-order valence-electron chi connectivity index (χ4n) is 2.37. The molecule has 6 nitrogen and oxygen atoms in total. The predicted molar refractivity (Wildman–Crippen MR) is 123 cm³/mol. The van der Waals surface area contributed by atoms with E-state index >= 15 is 0 Å². The van der Waals surface area contributed by atoms with E-state index in [1.165, 1.54) is 0 Å². The molecule has 0 saturated carbocycles. The first-order chi connectivity index (χ1) is 13.8. The fourth-order valence-corrected chi connectivity index (χ4v) is 3.06. The van der Waals surface area contributed by atoms with Crippen molar-refractivity contribution in [2.75, 3.05) is 11.9 Å². The molecule has 0 unspecified atom stereocenters. The second-order valence-corrected chi connectivity index (χ2v) is 7.82. The lowest BCUT2D eigenvalue weighted by Gasteiger charge is -2.13. The number of ether oxygens (including phenoxy) is 1. The largest absolute Gasteiger partial charge is 0.490 e. The highest BCUT2D eigenvalue weighted by atomic mass is 79.9. The number of hydrogen-bond acceptors (Lipinski definition) is 4. The maximum atomic E-state index is 12.4. The molecule has 29 heavy (non-hydrogen) atoms. The molecule has 0 radical (unpaired) electrons. The van der Waals surface area contributed by atoms with Crippen molar-refractivity contribution in [3.05, 3.63) is 58.1 Å². The predicted octanol–water partition coefficient (Wildman–Crippen LogP) is 4.50. The Bertz CT molecular complexity index is 885. The van der Waals surface area contributed by atoms with Gasteiger partial charge in [0.1, 0.15) is 5.75 Å². The third-order valence-corrected chi connectivity index (χ3v) is 4.55. The molecule has 0 bridgehead atoms. The Hall–Kier alpha value is -2.45. The molecule has 0 atom stereocenters. The molecule has 8 heteroatoms. The van der Waals surface area contributed by atoms with Gasteiger partial charge in [0.15, 0.2) is 5.11 Å². The highest BCUT2D eigenvalue weighted by molar-refractivity contribution is 9.10. The average molecular weight is 478 g/mol. The van der Waals surface area contributed by atoms with Gasteiger partial charge in [0.25, 0.3) is 11.8 Å². The first kappa shape index (κ1) is 22.8. The SMILES string of the molecule is CCCNC(=O)c1ccc(NC(=S)NC(=O)c2ccc(OC(C)C)c(Br)c2)cc1. The average Bonchev–Trinajstić information content (AvgIpc) is 2.67. The number of nitrogens with one attached hydrogen (secondary N) is 3. The van der Waals surface area contributed by atoms with Gasteiger partial charge in [-0.2, -0.15) is 0 Å². The molecule has 3 N–H and O–H groups in total.